The molecular formula is C17H17BN2O7S. The molecule has 1 fully saturated rings. The van der Waals surface area contributed by atoms with Crippen LogP contribution in [0.4, 0.5) is 11.4 Å². The third-order valence-electron chi connectivity index (χ3n) is 4.37. The summed E-state index contributed by atoms with van der Waals surface area (Å²) in [6.07, 6.45) is 0.879. The van der Waals surface area contributed by atoms with Crippen LogP contribution in [-0.2, 0) is 10.0 Å². The van der Waals surface area contributed by atoms with Crippen LogP contribution >= 0.6 is 0 Å². The van der Waals surface area contributed by atoms with E-state index in [1.807, 2.05) is 0 Å². The van der Waals surface area contributed by atoms with Gasteiger partial charge in [0.15, 0.2) is 0 Å². The van der Waals surface area contributed by atoms with Crippen molar-refractivity contribution >= 4 is 46.2 Å². The van der Waals surface area contributed by atoms with Crippen LogP contribution in [0, 0.1) is 0 Å². The molecule has 0 radical (unpaired) electrons. The SMILES string of the molecule is O=Cc1cc(C(=O)Nc2cc(N3CCCS3(=O)=O)ccc2O)ccc1B(O)O. The minimum atomic E-state index is -3.42. The molecule has 1 saturated heterocycles. The van der Waals surface area contributed by atoms with Gasteiger partial charge in [0.2, 0.25) is 10.0 Å². The monoisotopic (exact) mass is 404 g/mol. The van der Waals surface area contributed by atoms with Gasteiger partial charge in [-0.3, -0.25) is 13.9 Å². The van der Waals surface area contributed by atoms with Crippen molar-refractivity contribution in [2.24, 2.45) is 0 Å². The number of nitrogens with one attached hydrogen (secondary N) is 1. The van der Waals surface area contributed by atoms with Crippen molar-refractivity contribution in [1.29, 1.82) is 0 Å². The molecule has 9 nitrogen and oxygen atoms in total. The maximum absolute atomic E-state index is 12.5. The second-order valence-electron chi connectivity index (χ2n) is 6.23. The van der Waals surface area contributed by atoms with E-state index < -0.39 is 23.0 Å². The smallest absolute Gasteiger partial charge is 0.489 e. The van der Waals surface area contributed by atoms with E-state index in [-0.39, 0.29) is 33.8 Å². The highest BCUT2D eigenvalue weighted by Gasteiger charge is 2.29. The molecule has 28 heavy (non-hydrogen) atoms. The number of aldehydes is 1. The van der Waals surface area contributed by atoms with E-state index in [9.17, 15) is 33.2 Å². The molecule has 0 aliphatic carbocycles. The van der Waals surface area contributed by atoms with E-state index in [0.717, 1.165) is 0 Å². The fraction of sp³-hybridized carbons (Fsp3) is 0.176. The fourth-order valence-electron chi connectivity index (χ4n) is 2.96. The van der Waals surface area contributed by atoms with E-state index >= 15 is 0 Å². The summed E-state index contributed by atoms with van der Waals surface area (Å²) in [7, 11) is -5.28. The zero-order chi connectivity index (χ0) is 20.5. The van der Waals surface area contributed by atoms with Crippen molar-refractivity contribution in [3.63, 3.8) is 0 Å². The Morgan fingerprint density at radius 1 is 1.18 bits per heavy atom. The molecule has 1 aliphatic heterocycles. The van der Waals surface area contributed by atoms with Gasteiger partial charge in [-0.2, -0.15) is 0 Å². The van der Waals surface area contributed by atoms with Crippen LogP contribution in [0.5, 0.6) is 5.75 Å². The van der Waals surface area contributed by atoms with Crippen molar-refractivity contribution in [1.82, 2.24) is 0 Å². The summed E-state index contributed by atoms with van der Waals surface area (Å²) in [5.41, 5.74) is 0.256. The Morgan fingerprint density at radius 2 is 1.93 bits per heavy atom. The van der Waals surface area contributed by atoms with E-state index in [1.54, 1.807) is 0 Å². The first kappa shape index (κ1) is 19.9. The number of rotatable bonds is 5. The highest BCUT2D eigenvalue weighted by molar-refractivity contribution is 7.93. The topological polar surface area (TPSA) is 144 Å². The first-order valence-electron chi connectivity index (χ1n) is 8.33. The van der Waals surface area contributed by atoms with E-state index in [1.165, 1.54) is 40.7 Å². The standard InChI is InChI=1S/C17H17BN2O7S/c21-10-12-8-11(2-4-14(12)18(24)25)17(23)19-15-9-13(3-5-16(15)22)20-6-1-7-28(20,26)27/h2-5,8-10,22,24-25H,1,6-7H2,(H,19,23). The number of amides is 1. The average molecular weight is 404 g/mol. The van der Waals surface area contributed by atoms with E-state index in [2.05, 4.69) is 5.32 Å². The number of hydrogen-bond acceptors (Lipinski definition) is 7. The molecule has 2 aromatic carbocycles. The number of phenolic OH excluding ortho intramolecular Hbond substituents is 1. The second kappa shape index (κ2) is 7.62. The Labute approximate surface area is 161 Å². The van der Waals surface area contributed by atoms with Gasteiger partial charge in [-0.15, -0.1) is 0 Å². The zero-order valence-corrected chi connectivity index (χ0v) is 15.4. The summed E-state index contributed by atoms with van der Waals surface area (Å²) >= 11 is 0. The number of carbonyl (C=O) groups is 2. The Hall–Kier alpha value is -2.89. The van der Waals surface area contributed by atoms with Crippen LogP contribution in [0.15, 0.2) is 36.4 Å². The van der Waals surface area contributed by atoms with Crippen molar-refractivity contribution in [2.75, 3.05) is 21.9 Å². The summed E-state index contributed by atoms with van der Waals surface area (Å²) < 4.78 is 25.3. The number of sulfonamides is 1. The maximum atomic E-state index is 12.5. The van der Waals surface area contributed by atoms with Gasteiger partial charge in [0.05, 0.1) is 17.1 Å². The number of aromatic hydroxyl groups is 1. The highest BCUT2D eigenvalue weighted by atomic mass is 32.2. The Kier molecular flexibility index (Phi) is 5.41. The number of carbonyl (C=O) groups excluding carboxylic acids is 2. The van der Waals surface area contributed by atoms with Gasteiger partial charge in [-0.25, -0.2) is 8.42 Å². The van der Waals surface area contributed by atoms with Gasteiger partial charge in [0.25, 0.3) is 5.91 Å². The molecule has 1 aliphatic rings. The number of phenols is 1. The lowest BCUT2D eigenvalue weighted by Gasteiger charge is -2.18. The largest absolute Gasteiger partial charge is 0.506 e. The molecule has 146 valence electrons. The molecule has 0 spiro atoms. The van der Waals surface area contributed by atoms with Crippen LogP contribution in [0.3, 0.4) is 0 Å². The number of benzene rings is 2. The molecule has 2 aromatic rings. The minimum absolute atomic E-state index is 0.00326. The third kappa shape index (κ3) is 3.86. The molecule has 0 unspecified atom stereocenters. The second-order valence-corrected chi connectivity index (χ2v) is 8.25. The lowest BCUT2D eigenvalue weighted by molar-refractivity contribution is 0.102. The van der Waals surface area contributed by atoms with Gasteiger partial charge in [-0.1, -0.05) is 6.07 Å². The van der Waals surface area contributed by atoms with Gasteiger partial charge >= 0.3 is 7.12 Å². The molecule has 11 heteroatoms. The molecule has 1 heterocycles. The molecule has 0 atom stereocenters. The summed E-state index contributed by atoms with van der Waals surface area (Å²) in [4.78, 5) is 23.6. The average Bonchev–Trinajstić information content (AvgIpc) is 3.01. The van der Waals surface area contributed by atoms with Crippen LogP contribution in [-0.4, -0.2) is 55.2 Å². The molecule has 4 N–H and O–H groups in total. The normalized spacial score (nSPS) is 15.3. The summed E-state index contributed by atoms with van der Waals surface area (Å²) in [5, 5.41) is 30.9. The maximum Gasteiger partial charge on any atom is 0.489 e. The molecule has 1 amide bonds. The Morgan fingerprint density at radius 3 is 2.54 bits per heavy atom. The van der Waals surface area contributed by atoms with E-state index in [4.69, 9.17) is 0 Å². The van der Waals surface area contributed by atoms with Gasteiger partial charge in [0, 0.05) is 17.7 Å². The summed E-state index contributed by atoms with van der Waals surface area (Å²) in [6.45, 7) is 0.314. The van der Waals surface area contributed by atoms with E-state index in [0.29, 0.717) is 24.9 Å². The lowest BCUT2D eigenvalue weighted by Crippen LogP contribution is -2.33. The summed E-state index contributed by atoms with van der Waals surface area (Å²) in [5.74, 6) is -0.891. The minimum Gasteiger partial charge on any atom is -0.506 e. The third-order valence-corrected chi connectivity index (χ3v) is 6.24. The van der Waals surface area contributed by atoms with Gasteiger partial charge in [0.1, 0.15) is 12.0 Å². The van der Waals surface area contributed by atoms with Crippen LogP contribution < -0.4 is 15.1 Å². The molecule has 3 rings (SSSR count). The predicted octanol–water partition coefficient (Wildman–Crippen LogP) is -0.323. The van der Waals surface area contributed by atoms with Crippen molar-refractivity contribution < 1.29 is 33.2 Å². The number of nitrogens with zero attached hydrogens (tertiary/aromatic N) is 1. The summed E-state index contributed by atoms with van der Waals surface area (Å²) in [6, 6.07) is 7.78. The lowest BCUT2D eigenvalue weighted by atomic mass is 9.77. The quantitative estimate of drug-likeness (QED) is 0.304. The van der Waals surface area contributed by atoms with Crippen molar-refractivity contribution in [3.8, 4) is 5.75 Å². The number of hydrogen-bond donors (Lipinski definition) is 4. The first-order valence-corrected chi connectivity index (χ1v) is 9.94. The Bertz CT molecular complexity index is 1040. The van der Waals surface area contributed by atoms with Crippen LogP contribution in [0.1, 0.15) is 27.1 Å². The van der Waals surface area contributed by atoms with Crippen LogP contribution in [0.2, 0.25) is 0 Å². The first-order chi connectivity index (χ1) is 13.2. The van der Waals surface area contributed by atoms with Crippen molar-refractivity contribution in [2.45, 2.75) is 6.42 Å². The molecule has 0 aromatic heterocycles. The zero-order valence-electron chi connectivity index (χ0n) is 14.6. The highest BCUT2D eigenvalue weighted by Crippen LogP contribution is 2.32. The molecular weight excluding hydrogens is 387 g/mol. The van der Waals surface area contributed by atoms with Crippen LogP contribution in [0.25, 0.3) is 0 Å². The van der Waals surface area contributed by atoms with Gasteiger partial charge < -0.3 is 20.5 Å². The Balaban J connectivity index is 1.88. The molecule has 0 saturated carbocycles. The molecule has 0 bridgehead atoms. The predicted molar refractivity (Wildman–Crippen MR) is 103 cm³/mol. The number of anilines is 2. The fourth-order valence-corrected chi connectivity index (χ4v) is 4.51. The van der Waals surface area contributed by atoms with Crippen molar-refractivity contribution in [3.05, 3.63) is 47.5 Å². The van der Waals surface area contributed by atoms with Gasteiger partial charge in [-0.05, 0) is 42.2 Å².